The summed E-state index contributed by atoms with van der Waals surface area (Å²) in [6.07, 6.45) is 4.03. The first-order chi connectivity index (χ1) is 12.4. The molecule has 0 radical (unpaired) electrons. The van der Waals surface area contributed by atoms with E-state index in [0.717, 1.165) is 32.6 Å². The van der Waals surface area contributed by atoms with Crippen molar-refractivity contribution in [3.63, 3.8) is 0 Å². The van der Waals surface area contributed by atoms with E-state index < -0.39 is 5.91 Å². The maximum Gasteiger partial charge on any atom is 0.273 e. The van der Waals surface area contributed by atoms with E-state index in [1.165, 1.54) is 6.08 Å². The molecule has 0 saturated carbocycles. The van der Waals surface area contributed by atoms with Crippen LogP contribution in [0.25, 0.3) is 0 Å². The molecule has 6 nitrogen and oxygen atoms in total. The number of benzene rings is 1. The summed E-state index contributed by atoms with van der Waals surface area (Å²) in [5.41, 5.74) is 1.10. The molecular formula is C20H28N4O2. The van der Waals surface area contributed by atoms with Gasteiger partial charge in [0.2, 0.25) is 0 Å². The Hall–Kier alpha value is -2.47. The number of rotatable bonds is 6. The highest BCUT2D eigenvalue weighted by atomic mass is 16.2. The van der Waals surface area contributed by atoms with Crippen LogP contribution >= 0.6 is 0 Å². The normalized spacial score (nSPS) is 15.5. The molecule has 1 fully saturated rings. The summed E-state index contributed by atoms with van der Waals surface area (Å²) in [5, 5.41) is 10.3. The second-order valence-corrected chi connectivity index (χ2v) is 6.68. The minimum atomic E-state index is -0.460. The van der Waals surface area contributed by atoms with E-state index in [-0.39, 0.29) is 11.6 Å². The van der Waals surface area contributed by atoms with E-state index in [1.807, 2.05) is 11.8 Å². The van der Waals surface area contributed by atoms with Gasteiger partial charge in [-0.05, 0) is 50.6 Å². The molecule has 1 heterocycles. The first kappa shape index (κ1) is 19.8. The molecule has 1 aliphatic heterocycles. The van der Waals surface area contributed by atoms with Crippen molar-refractivity contribution in [1.29, 1.82) is 5.41 Å². The second-order valence-electron chi connectivity index (χ2n) is 6.68. The van der Waals surface area contributed by atoms with Crippen molar-refractivity contribution in [2.75, 3.05) is 31.5 Å². The summed E-state index contributed by atoms with van der Waals surface area (Å²) in [6.45, 7) is 9.54. The zero-order chi connectivity index (χ0) is 19.1. The number of anilines is 1. The van der Waals surface area contributed by atoms with Gasteiger partial charge in [0.1, 0.15) is 5.71 Å². The van der Waals surface area contributed by atoms with Crippen LogP contribution in [-0.4, -0.2) is 59.5 Å². The van der Waals surface area contributed by atoms with Crippen molar-refractivity contribution in [2.24, 2.45) is 0 Å². The summed E-state index contributed by atoms with van der Waals surface area (Å²) in [5.74, 6) is -0.441. The molecular weight excluding hydrogens is 328 g/mol. The molecule has 1 aliphatic rings. The SMILES string of the molecule is CC/C=C/C(=N)C(=O)Nc1ccc(C(=O)N2CCN(C(C)C)CC2)cc1. The molecule has 0 unspecified atom stereocenters. The van der Waals surface area contributed by atoms with Crippen LogP contribution in [0.1, 0.15) is 37.6 Å². The Bertz CT molecular complexity index is 672. The Balaban J connectivity index is 1.92. The van der Waals surface area contributed by atoms with Crippen LogP contribution in [0.3, 0.4) is 0 Å². The quantitative estimate of drug-likeness (QED) is 0.770. The predicted molar refractivity (Wildman–Crippen MR) is 105 cm³/mol. The number of nitrogens with zero attached hydrogens (tertiary/aromatic N) is 2. The number of hydrogen-bond acceptors (Lipinski definition) is 4. The molecule has 0 aliphatic carbocycles. The maximum atomic E-state index is 12.6. The van der Waals surface area contributed by atoms with Gasteiger partial charge in [0.15, 0.2) is 0 Å². The van der Waals surface area contributed by atoms with Gasteiger partial charge in [0.05, 0.1) is 0 Å². The number of nitrogens with one attached hydrogen (secondary N) is 2. The Morgan fingerprint density at radius 3 is 2.31 bits per heavy atom. The summed E-state index contributed by atoms with van der Waals surface area (Å²) in [7, 11) is 0. The van der Waals surface area contributed by atoms with Crippen LogP contribution < -0.4 is 5.32 Å². The van der Waals surface area contributed by atoms with E-state index in [4.69, 9.17) is 5.41 Å². The largest absolute Gasteiger partial charge is 0.336 e. The molecule has 1 saturated heterocycles. The van der Waals surface area contributed by atoms with Crippen LogP contribution in [0.2, 0.25) is 0 Å². The molecule has 6 heteroatoms. The van der Waals surface area contributed by atoms with Gasteiger partial charge in [-0.15, -0.1) is 0 Å². The monoisotopic (exact) mass is 356 g/mol. The van der Waals surface area contributed by atoms with Crippen LogP contribution in [0, 0.1) is 5.41 Å². The zero-order valence-electron chi connectivity index (χ0n) is 15.8. The van der Waals surface area contributed by atoms with Crippen molar-refractivity contribution in [3.05, 3.63) is 42.0 Å². The average Bonchev–Trinajstić information content (AvgIpc) is 2.66. The number of piperazine rings is 1. The fraction of sp³-hybridized carbons (Fsp3) is 0.450. The first-order valence-electron chi connectivity index (χ1n) is 9.12. The van der Waals surface area contributed by atoms with Gasteiger partial charge in [-0.1, -0.05) is 13.0 Å². The van der Waals surface area contributed by atoms with E-state index in [0.29, 0.717) is 17.3 Å². The van der Waals surface area contributed by atoms with Crippen LogP contribution in [0.15, 0.2) is 36.4 Å². The fourth-order valence-electron chi connectivity index (χ4n) is 2.83. The smallest absolute Gasteiger partial charge is 0.273 e. The summed E-state index contributed by atoms with van der Waals surface area (Å²) in [4.78, 5) is 28.8. The van der Waals surface area contributed by atoms with Crippen molar-refractivity contribution in [2.45, 2.75) is 33.2 Å². The molecule has 0 aromatic heterocycles. The first-order valence-corrected chi connectivity index (χ1v) is 9.12. The summed E-state index contributed by atoms with van der Waals surface area (Å²) < 4.78 is 0. The molecule has 1 aromatic rings. The van der Waals surface area contributed by atoms with E-state index in [9.17, 15) is 9.59 Å². The van der Waals surface area contributed by atoms with E-state index >= 15 is 0 Å². The lowest BCUT2D eigenvalue weighted by Crippen LogP contribution is -2.50. The van der Waals surface area contributed by atoms with Crippen LogP contribution in [0.4, 0.5) is 5.69 Å². The molecule has 140 valence electrons. The van der Waals surface area contributed by atoms with E-state index in [1.54, 1.807) is 30.3 Å². The molecule has 1 aromatic carbocycles. The van der Waals surface area contributed by atoms with Crippen LogP contribution in [-0.2, 0) is 4.79 Å². The molecule has 26 heavy (non-hydrogen) atoms. The third-order valence-electron chi connectivity index (χ3n) is 4.49. The second kappa shape index (κ2) is 9.29. The van der Waals surface area contributed by atoms with Gasteiger partial charge in [0.25, 0.3) is 11.8 Å². The summed E-state index contributed by atoms with van der Waals surface area (Å²) in [6, 6.07) is 7.34. The lowest BCUT2D eigenvalue weighted by molar-refractivity contribution is -0.110. The average molecular weight is 356 g/mol. The number of hydrogen-bond donors (Lipinski definition) is 2. The fourth-order valence-corrected chi connectivity index (χ4v) is 2.83. The molecule has 0 spiro atoms. The molecule has 0 bridgehead atoms. The number of carbonyl (C=O) groups excluding carboxylic acids is 2. The van der Waals surface area contributed by atoms with Gasteiger partial charge in [0, 0.05) is 43.5 Å². The topological polar surface area (TPSA) is 76.5 Å². The Labute approximate surface area is 155 Å². The van der Waals surface area contributed by atoms with Crippen molar-refractivity contribution in [3.8, 4) is 0 Å². The molecule has 0 atom stereocenters. The van der Waals surface area contributed by atoms with Crippen molar-refractivity contribution >= 4 is 23.2 Å². The van der Waals surface area contributed by atoms with Gasteiger partial charge in [-0.2, -0.15) is 0 Å². The predicted octanol–water partition coefficient (Wildman–Crippen LogP) is 2.78. The highest BCUT2D eigenvalue weighted by Gasteiger charge is 2.23. The minimum Gasteiger partial charge on any atom is -0.336 e. The standard InChI is InChI=1S/C20H28N4O2/c1-4-5-6-18(21)19(25)22-17-9-7-16(8-10-17)20(26)24-13-11-23(12-14-24)15(2)3/h5-10,15,21H,4,11-14H2,1-3H3,(H,22,25)/b6-5+,21-18?. The molecule has 2 N–H and O–H groups in total. The lowest BCUT2D eigenvalue weighted by Gasteiger charge is -2.37. The maximum absolute atomic E-state index is 12.6. The van der Waals surface area contributed by atoms with Crippen molar-refractivity contribution in [1.82, 2.24) is 9.80 Å². The Kier molecular flexibility index (Phi) is 7.09. The van der Waals surface area contributed by atoms with Gasteiger partial charge < -0.3 is 10.2 Å². The van der Waals surface area contributed by atoms with Gasteiger partial charge >= 0.3 is 0 Å². The zero-order valence-corrected chi connectivity index (χ0v) is 15.8. The number of carbonyl (C=O) groups is 2. The van der Waals surface area contributed by atoms with Gasteiger partial charge in [-0.3, -0.25) is 19.9 Å². The Morgan fingerprint density at radius 1 is 1.15 bits per heavy atom. The number of amides is 2. The Morgan fingerprint density at radius 2 is 1.77 bits per heavy atom. The highest BCUT2D eigenvalue weighted by Crippen LogP contribution is 2.14. The van der Waals surface area contributed by atoms with Crippen LogP contribution in [0.5, 0.6) is 0 Å². The molecule has 2 amide bonds. The highest BCUT2D eigenvalue weighted by molar-refractivity contribution is 6.45. The van der Waals surface area contributed by atoms with Gasteiger partial charge in [-0.25, -0.2) is 0 Å². The lowest BCUT2D eigenvalue weighted by atomic mass is 10.1. The minimum absolute atomic E-state index is 0.0184. The van der Waals surface area contributed by atoms with Crippen molar-refractivity contribution < 1.29 is 9.59 Å². The third kappa shape index (κ3) is 5.26. The number of allylic oxidation sites excluding steroid dienone is 1. The van der Waals surface area contributed by atoms with E-state index in [2.05, 4.69) is 24.1 Å². The summed E-state index contributed by atoms with van der Waals surface area (Å²) >= 11 is 0. The molecule has 2 rings (SSSR count). The third-order valence-corrected chi connectivity index (χ3v) is 4.49.